The first-order valence-corrected chi connectivity index (χ1v) is 9.93. The van der Waals surface area contributed by atoms with Crippen molar-refractivity contribution in [3.63, 3.8) is 0 Å². The van der Waals surface area contributed by atoms with Gasteiger partial charge in [-0.1, -0.05) is 36.0 Å². The van der Waals surface area contributed by atoms with Crippen LogP contribution in [0.5, 0.6) is 0 Å². The first-order chi connectivity index (χ1) is 12.6. The van der Waals surface area contributed by atoms with Gasteiger partial charge in [-0.25, -0.2) is 9.50 Å². The van der Waals surface area contributed by atoms with E-state index in [-0.39, 0.29) is 11.9 Å². The first kappa shape index (κ1) is 17.0. The third-order valence-electron chi connectivity index (χ3n) is 5.02. The molecule has 0 spiro atoms. The number of benzene rings is 1. The number of nitrogens with zero attached hydrogens (tertiary/aromatic N) is 4. The molecule has 0 fully saturated rings. The number of carbonyl (C=O) groups excluding carboxylic acids is 1. The molecule has 1 aliphatic carbocycles. The highest BCUT2D eigenvalue weighted by Crippen LogP contribution is 2.30. The highest BCUT2D eigenvalue weighted by Gasteiger charge is 2.24. The maximum absolute atomic E-state index is 12.7. The zero-order valence-electron chi connectivity index (χ0n) is 15.1. The lowest BCUT2D eigenvalue weighted by Gasteiger charge is -2.15. The Kier molecular flexibility index (Phi) is 4.40. The Morgan fingerprint density at radius 1 is 1.31 bits per heavy atom. The van der Waals surface area contributed by atoms with Crippen LogP contribution in [0.25, 0.3) is 5.78 Å². The van der Waals surface area contributed by atoms with Crippen LogP contribution in [0.1, 0.15) is 40.5 Å². The molecule has 0 bridgehead atoms. The second-order valence-electron chi connectivity index (χ2n) is 6.61. The fourth-order valence-corrected chi connectivity index (χ4v) is 3.98. The molecule has 0 saturated heterocycles. The number of rotatable bonds is 4. The lowest BCUT2D eigenvalue weighted by Crippen LogP contribution is -2.29. The van der Waals surface area contributed by atoms with Crippen molar-refractivity contribution in [1.82, 2.24) is 24.9 Å². The number of hydrogen-bond donors (Lipinski definition) is 1. The summed E-state index contributed by atoms with van der Waals surface area (Å²) in [6, 6.07) is 8.44. The van der Waals surface area contributed by atoms with Gasteiger partial charge in [0, 0.05) is 17.0 Å². The SMILES string of the molecule is CSc1nc2nc(C)c(CC(=O)NC3CCc4ccccc43)c(C)n2n1. The van der Waals surface area contributed by atoms with Crippen molar-refractivity contribution in [3.8, 4) is 0 Å². The van der Waals surface area contributed by atoms with Gasteiger partial charge in [0.2, 0.25) is 11.1 Å². The number of carbonyl (C=O) groups is 1. The van der Waals surface area contributed by atoms with Gasteiger partial charge in [0.25, 0.3) is 5.78 Å². The number of aryl methyl sites for hydroxylation is 3. The summed E-state index contributed by atoms with van der Waals surface area (Å²) in [5, 5.41) is 8.32. The van der Waals surface area contributed by atoms with Gasteiger partial charge < -0.3 is 5.32 Å². The molecule has 2 aromatic heterocycles. The lowest BCUT2D eigenvalue weighted by molar-refractivity contribution is -0.121. The van der Waals surface area contributed by atoms with Crippen LogP contribution in [-0.2, 0) is 17.6 Å². The standard InChI is InChI=1S/C19H21N5OS/c1-11-15(12(2)24-18(20-11)22-19(23-24)26-3)10-17(25)21-16-9-8-13-6-4-5-7-14(13)16/h4-7,16H,8-10H2,1-3H3,(H,21,25). The van der Waals surface area contributed by atoms with Gasteiger partial charge >= 0.3 is 0 Å². The molecule has 134 valence electrons. The zero-order valence-corrected chi connectivity index (χ0v) is 15.9. The molecule has 1 atom stereocenters. The van der Waals surface area contributed by atoms with E-state index in [1.807, 2.05) is 26.2 Å². The third-order valence-corrected chi connectivity index (χ3v) is 5.56. The Labute approximate surface area is 156 Å². The van der Waals surface area contributed by atoms with Crippen molar-refractivity contribution >= 4 is 23.4 Å². The number of hydrogen-bond acceptors (Lipinski definition) is 5. The summed E-state index contributed by atoms with van der Waals surface area (Å²) in [7, 11) is 0. The largest absolute Gasteiger partial charge is 0.349 e. The molecule has 1 aliphatic rings. The molecule has 1 aromatic carbocycles. The molecule has 1 unspecified atom stereocenters. The Bertz CT molecular complexity index is 997. The number of aromatic nitrogens is 4. The third kappa shape index (κ3) is 2.96. The van der Waals surface area contributed by atoms with Crippen LogP contribution in [0.3, 0.4) is 0 Å². The molecule has 1 N–H and O–H groups in total. The summed E-state index contributed by atoms with van der Waals surface area (Å²) >= 11 is 1.48. The molecule has 7 heteroatoms. The summed E-state index contributed by atoms with van der Waals surface area (Å²) in [5.74, 6) is 0.600. The molecule has 0 aliphatic heterocycles. The van der Waals surface area contributed by atoms with E-state index in [2.05, 4.69) is 38.6 Å². The van der Waals surface area contributed by atoms with Crippen molar-refractivity contribution in [2.45, 2.75) is 44.3 Å². The van der Waals surface area contributed by atoms with Gasteiger partial charge in [-0.2, -0.15) is 4.98 Å². The van der Waals surface area contributed by atoms with Gasteiger partial charge in [-0.15, -0.1) is 5.10 Å². The molecule has 1 amide bonds. The minimum Gasteiger partial charge on any atom is -0.349 e. The van der Waals surface area contributed by atoms with Crippen LogP contribution in [0, 0.1) is 13.8 Å². The second-order valence-corrected chi connectivity index (χ2v) is 7.38. The van der Waals surface area contributed by atoms with E-state index in [9.17, 15) is 4.79 Å². The molecule has 0 saturated carbocycles. The average molecular weight is 367 g/mol. The molecular formula is C19H21N5OS. The highest BCUT2D eigenvalue weighted by molar-refractivity contribution is 7.98. The van der Waals surface area contributed by atoms with Crippen molar-refractivity contribution in [2.24, 2.45) is 0 Å². The van der Waals surface area contributed by atoms with Crippen LogP contribution in [0.15, 0.2) is 29.4 Å². The van der Waals surface area contributed by atoms with Crippen molar-refractivity contribution in [3.05, 3.63) is 52.3 Å². The molecular weight excluding hydrogens is 346 g/mol. The number of fused-ring (bicyclic) bond motifs is 2. The van der Waals surface area contributed by atoms with Gasteiger partial charge in [-0.3, -0.25) is 4.79 Å². The lowest BCUT2D eigenvalue weighted by atomic mass is 10.1. The Balaban J connectivity index is 1.56. The first-order valence-electron chi connectivity index (χ1n) is 8.71. The smallest absolute Gasteiger partial charge is 0.253 e. The molecule has 0 radical (unpaired) electrons. The van der Waals surface area contributed by atoms with Crippen molar-refractivity contribution in [2.75, 3.05) is 6.26 Å². The Hall–Kier alpha value is -2.41. The number of amides is 1. The summed E-state index contributed by atoms with van der Waals surface area (Å²) < 4.78 is 1.73. The number of nitrogens with one attached hydrogen (secondary N) is 1. The Morgan fingerprint density at radius 3 is 2.92 bits per heavy atom. The van der Waals surface area contributed by atoms with Gasteiger partial charge in [0.15, 0.2) is 0 Å². The fraction of sp³-hybridized carbons (Fsp3) is 0.368. The minimum atomic E-state index is 0.0178. The van der Waals surface area contributed by atoms with E-state index in [0.29, 0.717) is 17.4 Å². The van der Waals surface area contributed by atoms with E-state index in [0.717, 1.165) is 29.8 Å². The van der Waals surface area contributed by atoms with Crippen LogP contribution in [-0.4, -0.2) is 31.7 Å². The van der Waals surface area contributed by atoms with Crippen molar-refractivity contribution < 1.29 is 4.79 Å². The van der Waals surface area contributed by atoms with Gasteiger partial charge in [0.05, 0.1) is 12.5 Å². The van der Waals surface area contributed by atoms with Gasteiger partial charge in [-0.05, 0) is 44.1 Å². The normalized spacial score (nSPS) is 16.0. The molecule has 3 aromatic rings. The molecule has 6 nitrogen and oxygen atoms in total. The van der Waals surface area contributed by atoms with E-state index >= 15 is 0 Å². The zero-order chi connectivity index (χ0) is 18.3. The van der Waals surface area contributed by atoms with Crippen LogP contribution in [0.4, 0.5) is 0 Å². The summed E-state index contributed by atoms with van der Waals surface area (Å²) in [5.41, 5.74) is 5.24. The second kappa shape index (κ2) is 6.72. The topological polar surface area (TPSA) is 72.2 Å². The molecule has 4 rings (SSSR count). The maximum Gasteiger partial charge on any atom is 0.253 e. The monoisotopic (exact) mass is 367 g/mol. The van der Waals surface area contributed by atoms with Crippen LogP contribution < -0.4 is 5.32 Å². The minimum absolute atomic E-state index is 0.0178. The fourth-order valence-electron chi connectivity index (χ4n) is 3.65. The van der Waals surface area contributed by atoms with Gasteiger partial charge in [0.1, 0.15) is 0 Å². The Morgan fingerprint density at radius 2 is 2.12 bits per heavy atom. The average Bonchev–Trinajstić information content (AvgIpc) is 3.23. The van der Waals surface area contributed by atoms with E-state index < -0.39 is 0 Å². The molecule has 2 heterocycles. The van der Waals surface area contributed by atoms with E-state index in [1.54, 1.807) is 4.52 Å². The summed E-state index contributed by atoms with van der Waals surface area (Å²) in [6.07, 6.45) is 4.21. The predicted molar refractivity (Wildman–Crippen MR) is 101 cm³/mol. The number of thioether (sulfide) groups is 1. The quantitative estimate of drug-likeness (QED) is 0.718. The summed E-state index contributed by atoms with van der Waals surface area (Å²) in [6.45, 7) is 3.89. The molecule has 26 heavy (non-hydrogen) atoms. The van der Waals surface area contributed by atoms with Crippen molar-refractivity contribution in [1.29, 1.82) is 0 Å². The van der Waals surface area contributed by atoms with Crippen LogP contribution in [0.2, 0.25) is 0 Å². The van der Waals surface area contributed by atoms with E-state index in [4.69, 9.17) is 0 Å². The maximum atomic E-state index is 12.7. The van der Waals surface area contributed by atoms with Crippen LogP contribution >= 0.6 is 11.8 Å². The summed E-state index contributed by atoms with van der Waals surface area (Å²) in [4.78, 5) is 21.6. The highest BCUT2D eigenvalue weighted by atomic mass is 32.2. The van der Waals surface area contributed by atoms with E-state index in [1.165, 1.54) is 22.9 Å². The predicted octanol–water partition coefficient (Wildman–Crippen LogP) is 2.81.